The maximum atomic E-state index is 13.7. The van der Waals surface area contributed by atoms with Gasteiger partial charge in [0.15, 0.2) is 6.29 Å². The molecule has 0 fully saturated rings. The van der Waals surface area contributed by atoms with E-state index in [1.807, 2.05) is 39.8 Å². The summed E-state index contributed by atoms with van der Waals surface area (Å²) >= 11 is 0. The van der Waals surface area contributed by atoms with Gasteiger partial charge in [-0.25, -0.2) is 4.98 Å². The van der Waals surface area contributed by atoms with Gasteiger partial charge in [0.1, 0.15) is 6.61 Å². The van der Waals surface area contributed by atoms with E-state index < -0.39 is 6.10 Å². The van der Waals surface area contributed by atoms with Crippen molar-refractivity contribution in [2.75, 3.05) is 6.61 Å². The Morgan fingerprint density at radius 3 is 2.22 bits per heavy atom. The number of esters is 1. The molecule has 8 bridgehead atoms. The molecule has 3 aliphatic rings. The third-order valence-corrected chi connectivity index (χ3v) is 12.0. The summed E-state index contributed by atoms with van der Waals surface area (Å²) in [5.41, 5.74) is 14.4. The van der Waals surface area contributed by atoms with Crippen molar-refractivity contribution in [3.63, 3.8) is 0 Å². The number of fused-ring (bicyclic) bond motifs is 8. The van der Waals surface area contributed by atoms with Crippen molar-refractivity contribution in [2.45, 2.75) is 132 Å². The van der Waals surface area contributed by atoms with E-state index in [0.717, 1.165) is 65.6 Å². The van der Waals surface area contributed by atoms with Crippen molar-refractivity contribution < 1.29 is 24.5 Å². The van der Waals surface area contributed by atoms with Crippen molar-refractivity contribution in [1.29, 1.82) is 0 Å². The number of carbonyl (C=O) groups excluding carboxylic acids is 2. The minimum absolute atomic E-state index is 0. The summed E-state index contributed by atoms with van der Waals surface area (Å²) in [4.78, 5) is 46.0. The fourth-order valence-corrected chi connectivity index (χ4v) is 8.69. The first-order chi connectivity index (χ1) is 27.6. The van der Waals surface area contributed by atoms with Crippen LogP contribution in [0.1, 0.15) is 168 Å². The molecule has 6 rings (SSSR count). The maximum Gasteiger partial charge on any atom is 2.00 e. The molecule has 2 aliphatic heterocycles. The number of aromatic nitrogens is 4. The van der Waals surface area contributed by atoms with Crippen molar-refractivity contribution in [3.05, 3.63) is 103 Å². The van der Waals surface area contributed by atoms with E-state index in [4.69, 9.17) is 24.7 Å². The molecule has 0 aromatic carbocycles. The van der Waals surface area contributed by atoms with Gasteiger partial charge in [-0.1, -0.05) is 72.1 Å². The summed E-state index contributed by atoms with van der Waals surface area (Å²) < 4.78 is 5.71. The molecule has 1 N–H and O–H groups in total. The fraction of sp³-hybridized carbons (Fsp3) is 0.429. The summed E-state index contributed by atoms with van der Waals surface area (Å²) in [6.07, 6.45) is 13.4. The van der Waals surface area contributed by atoms with Gasteiger partial charge in [0, 0.05) is 29.5 Å². The van der Waals surface area contributed by atoms with Crippen molar-refractivity contribution in [1.82, 2.24) is 19.9 Å². The van der Waals surface area contributed by atoms with Crippen molar-refractivity contribution in [3.8, 4) is 0 Å². The van der Waals surface area contributed by atoms with Crippen LogP contribution in [-0.4, -0.2) is 57.0 Å². The molecule has 0 unspecified atom stereocenters. The molecule has 9 nitrogen and oxygen atoms in total. The molecule has 0 saturated heterocycles. The molecule has 3 aromatic heterocycles. The summed E-state index contributed by atoms with van der Waals surface area (Å²) in [7, 11) is 0. The number of aryl methyl sites for hydroxylation is 3. The molecule has 10 heteroatoms. The second-order valence-corrected chi connectivity index (χ2v) is 16.4. The Morgan fingerprint density at radius 1 is 0.898 bits per heavy atom. The Balaban J connectivity index is 0.00000661. The van der Waals surface area contributed by atoms with E-state index in [2.05, 4.69) is 46.8 Å². The van der Waals surface area contributed by atoms with E-state index in [0.29, 0.717) is 68.6 Å². The number of hydrogen-bond donors (Lipinski definition) is 1. The Bertz CT molecular complexity index is 2470. The van der Waals surface area contributed by atoms with Crippen LogP contribution in [0.3, 0.4) is 0 Å². The van der Waals surface area contributed by atoms with Gasteiger partial charge in [-0.15, -0.1) is 27.8 Å². The summed E-state index contributed by atoms with van der Waals surface area (Å²) in [6.45, 7) is 20.3. The molecule has 59 heavy (non-hydrogen) atoms. The zero-order chi connectivity index (χ0) is 42.0. The average molecular weight is 806 g/mol. The first kappa shape index (κ1) is 45.6. The monoisotopic (exact) mass is 805 g/mol. The second kappa shape index (κ2) is 19.3. The smallest absolute Gasteiger partial charge is 0.872 e. The molecule has 306 valence electrons. The summed E-state index contributed by atoms with van der Waals surface area (Å²) in [5.74, 6) is -0.756. The first-order valence-electron chi connectivity index (χ1n) is 20.7. The van der Waals surface area contributed by atoms with E-state index in [-0.39, 0.29) is 59.6 Å². The Labute approximate surface area is 365 Å². The average Bonchev–Trinajstić information content (AvgIpc) is 3.94. The Hall–Kier alpha value is -4.51. The molecular formula is C49H57MgN4O5-. The predicted molar refractivity (Wildman–Crippen MR) is 237 cm³/mol. The van der Waals surface area contributed by atoms with E-state index in [1.54, 1.807) is 19.1 Å². The van der Waals surface area contributed by atoms with Gasteiger partial charge >= 0.3 is 29.0 Å². The van der Waals surface area contributed by atoms with Gasteiger partial charge < -0.3 is 24.9 Å². The number of nitrogens with zero attached hydrogens (tertiary/aromatic N) is 4. The Morgan fingerprint density at radius 2 is 1.56 bits per heavy atom. The maximum absolute atomic E-state index is 13.7. The number of ether oxygens (including phenoxy) is 1. The standard InChI is InChI=1S/C49H59N4O5.Mg/c1-11-34-37(25-54)40-24-41-44(33(10)55)31(8)47(52-41)32(9)46-29(6)35(18-19-43(57)58-21-20-28(5)17-13-16-27(4)15-12-14-26(2)3)48(53-46)36-22-42(56)45-30(7)38(51-49(36)45)23-39(34)50-40;/h14,16,20,22-25,29,33,35,55H,11-13,15,17-19,21H2,1-10H3,(H2-,50,51,52,53,54,56);/q-1;+2/p-2/b27-16+,28-20+;/t29-,33+,35-;/m0./s1. The van der Waals surface area contributed by atoms with Crippen molar-refractivity contribution in [2.24, 2.45) is 0 Å². The largest absolute Gasteiger partial charge is 2.00 e. The van der Waals surface area contributed by atoms with E-state index >= 15 is 0 Å². The van der Waals surface area contributed by atoms with Crippen LogP contribution in [0.2, 0.25) is 0 Å². The third kappa shape index (κ3) is 9.45. The van der Waals surface area contributed by atoms with Gasteiger partial charge in [0.05, 0.1) is 23.2 Å². The molecule has 0 saturated carbocycles. The van der Waals surface area contributed by atoms with Crippen LogP contribution in [0.5, 0.6) is 0 Å². The SMILES string of the molecule is CCC1=C(C=O)c2cc3[n-]c(c(C)c4nc(c5c6[n-]c(cc1n2)c(C)c6C([O-])=C5)[C@@H](CCC(=O)OC/C=C(\C)CC/C=C(\C)CCC=C(C)C)[C@@H]4C)c(C)c3[C@@H](C)O.[Mg+2]. The second-order valence-electron chi connectivity index (χ2n) is 16.4. The normalized spacial score (nSPS) is 16.8. The first-order valence-corrected chi connectivity index (χ1v) is 20.7. The zero-order valence-corrected chi connectivity index (χ0v) is 37.9. The minimum Gasteiger partial charge on any atom is -0.872 e. The number of rotatable bonds is 14. The zero-order valence-electron chi connectivity index (χ0n) is 36.5. The molecule has 0 radical (unpaired) electrons. The Kier molecular flexibility index (Phi) is 14.9. The van der Waals surface area contributed by atoms with Crippen LogP contribution in [0.25, 0.3) is 45.0 Å². The van der Waals surface area contributed by atoms with Crippen LogP contribution in [0, 0.1) is 20.8 Å². The van der Waals surface area contributed by atoms with Gasteiger partial charge in [-0.3, -0.25) is 14.6 Å². The summed E-state index contributed by atoms with van der Waals surface area (Å²) in [6, 6.07) is 3.63. The molecule has 3 atom stereocenters. The number of aliphatic hydroxyl groups excluding tert-OH is 1. The van der Waals surface area contributed by atoms with Gasteiger partial charge in [-0.05, 0) is 128 Å². The number of aldehydes is 1. The van der Waals surface area contributed by atoms with Crippen LogP contribution in [-0.2, 0) is 14.3 Å². The van der Waals surface area contributed by atoms with Crippen molar-refractivity contribution >= 4 is 80.4 Å². The summed E-state index contributed by atoms with van der Waals surface area (Å²) in [5, 5.41) is 24.7. The van der Waals surface area contributed by atoms with Crippen LogP contribution < -0.4 is 15.1 Å². The van der Waals surface area contributed by atoms with Crippen LogP contribution in [0.15, 0.2) is 47.1 Å². The van der Waals surface area contributed by atoms with Crippen LogP contribution in [0.4, 0.5) is 0 Å². The number of allylic oxidation sites excluding steroid dienone is 7. The fourth-order valence-electron chi connectivity index (χ4n) is 8.69. The topological polar surface area (TPSA) is 141 Å². The number of hydrogen-bond acceptors (Lipinski definition) is 7. The van der Waals surface area contributed by atoms with Gasteiger partial charge in [0.2, 0.25) is 0 Å². The number of aliphatic hydroxyl groups is 1. The number of carbonyl (C=O) groups is 2. The molecule has 3 aromatic rings. The molecular weight excluding hydrogens is 749 g/mol. The van der Waals surface area contributed by atoms with E-state index in [9.17, 15) is 19.8 Å². The quantitative estimate of drug-likeness (QED) is 0.0730. The third-order valence-electron chi connectivity index (χ3n) is 12.0. The molecule has 5 heterocycles. The molecule has 0 amide bonds. The van der Waals surface area contributed by atoms with Gasteiger partial charge in [-0.2, -0.15) is 0 Å². The van der Waals surface area contributed by atoms with Crippen LogP contribution >= 0.6 is 0 Å². The minimum atomic E-state index is -0.831. The predicted octanol–water partition coefficient (Wildman–Crippen LogP) is 9.49. The van der Waals surface area contributed by atoms with Gasteiger partial charge in [0.25, 0.3) is 0 Å². The van der Waals surface area contributed by atoms with E-state index in [1.165, 1.54) is 16.7 Å². The molecule has 1 aliphatic carbocycles. The molecule has 0 spiro atoms.